The minimum Gasteiger partial charge on any atom is -0.508 e. The van der Waals surface area contributed by atoms with Crippen molar-refractivity contribution in [2.75, 3.05) is 6.61 Å². The molecule has 26 heavy (non-hydrogen) atoms. The second-order valence-corrected chi connectivity index (χ2v) is 6.68. The van der Waals surface area contributed by atoms with Crippen LogP contribution in [0.4, 0.5) is 4.39 Å². The van der Waals surface area contributed by atoms with Crippen molar-refractivity contribution in [3.8, 4) is 22.8 Å². The molecule has 0 saturated heterocycles. The number of halogens is 1. The van der Waals surface area contributed by atoms with Crippen molar-refractivity contribution in [2.45, 2.75) is 32.8 Å². The lowest BCUT2D eigenvalue weighted by Crippen LogP contribution is -2.17. The SMILES string of the molecule is CC(C)c1nc(O[C@H](C)CO)c2cc(O)ccc2c1-c1ccc(F)cc1. The van der Waals surface area contributed by atoms with Gasteiger partial charge in [0.2, 0.25) is 5.88 Å². The fraction of sp³-hybridized carbons (Fsp3) is 0.286. The van der Waals surface area contributed by atoms with Crippen molar-refractivity contribution in [3.63, 3.8) is 0 Å². The van der Waals surface area contributed by atoms with E-state index >= 15 is 0 Å². The number of nitrogens with zero attached hydrogens (tertiary/aromatic N) is 1. The highest BCUT2D eigenvalue weighted by atomic mass is 19.1. The van der Waals surface area contributed by atoms with Gasteiger partial charge in [-0.1, -0.05) is 26.0 Å². The summed E-state index contributed by atoms with van der Waals surface area (Å²) in [7, 11) is 0. The summed E-state index contributed by atoms with van der Waals surface area (Å²) in [6.07, 6.45) is -0.426. The number of aliphatic hydroxyl groups is 1. The quantitative estimate of drug-likeness (QED) is 0.700. The highest BCUT2D eigenvalue weighted by Crippen LogP contribution is 2.40. The van der Waals surface area contributed by atoms with Crippen LogP contribution in [-0.2, 0) is 0 Å². The Morgan fingerprint density at radius 3 is 2.35 bits per heavy atom. The molecule has 0 fully saturated rings. The number of hydrogen-bond acceptors (Lipinski definition) is 4. The number of aromatic nitrogens is 1. The summed E-state index contributed by atoms with van der Waals surface area (Å²) in [5, 5.41) is 20.8. The molecule has 0 saturated carbocycles. The van der Waals surface area contributed by atoms with Gasteiger partial charge in [0.05, 0.1) is 12.3 Å². The van der Waals surface area contributed by atoms with Crippen LogP contribution in [0.25, 0.3) is 21.9 Å². The third kappa shape index (κ3) is 3.48. The Morgan fingerprint density at radius 1 is 1.04 bits per heavy atom. The molecule has 2 aromatic carbocycles. The van der Waals surface area contributed by atoms with E-state index < -0.39 is 6.10 Å². The maximum Gasteiger partial charge on any atom is 0.222 e. The minimum absolute atomic E-state index is 0.0973. The Balaban J connectivity index is 2.34. The monoisotopic (exact) mass is 355 g/mol. The summed E-state index contributed by atoms with van der Waals surface area (Å²) in [6.45, 7) is 5.67. The maximum absolute atomic E-state index is 13.4. The average Bonchev–Trinajstić information content (AvgIpc) is 2.62. The van der Waals surface area contributed by atoms with Crippen LogP contribution in [0, 0.1) is 5.82 Å². The van der Waals surface area contributed by atoms with Gasteiger partial charge in [0.15, 0.2) is 0 Å². The fourth-order valence-corrected chi connectivity index (χ4v) is 2.95. The fourth-order valence-electron chi connectivity index (χ4n) is 2.95. The number of rotatable bonds is 5. The molecule has 0 aliphatic rings. The summed E-state index contributed by atoms with van der Waals surface area (Å²) in [5.74, 6) is 0.265. The Labute approximate surface area is 151 Å². The summed E-state index contributed by atoms with van der Waals surface area (Å²) in [6, 6.07) is 11.3. The van der Waals surface area contributed by atoms with E-state index in [1.54, 1.807) is 31.2 Å². The second kappa shape index (κ2) is 7.30. The first-order valence-electron chi connectivity index (χ1n) is 8.60. The first-order chi connectivity index (χ1) is 12.4. The number of fused-ring (bicyclic) bond motifs is 1. The third-order valence-electron chi connectivity index (χ3n) is 4.23. The number of hydrogen-bond donors (Lipinski definition) is 2. The molecule has 1 aromatic heterocycles. The van der Waals surface area contributed by atoms with Crippen molar-refractivity contribution >= 4 is 10.8 Å². The Kier molecular flexibility index (Phi) is 5.09. The Hall–Kier alpha value is -2.66. The van der Waals surface area contributed by atoms with E-state index in [9.17, 15) is 14.6 Å². The highest BCUT2D eigenvalue weighted by molar-refractivity contribution is 6.01. The molecule has 2 N–H and O–H groups in total. The molecule has 1 atom stereocenters. The van der Waals surface area contributed by atoms with E-state index in [0.717, 1.165) is 22.2 Å². The Morgan fingerprint density at radius 2 is 1.73 bits per heavy atom. The van der Waals surface area contributed by atoms with Gasteiger partial charge in [-0.2, -0.15) is 0 Å². The number of ether oxygens (including phenoxy) is 1. The largest absolute Gasteiger partial charge is 0.508 e. The number of aromatic hydroxyl groups is 1. The second-order valence-electron chi connectivity index (χ2n) is 6.68. The molecule has 5 heteroatoms. The van der Waals surface area contributed by atoms with Crippen LogP contribution in [0.3, 0.4) is 0 Å². The zero-order valence-corrected chi connectivity index (χ0v) is 15.0. The summed E-state index contributed by atoms with van der Waals surface area (Å²) in [5.41, 5.74) is 2.55. The van der Waals surface area contributed by atoms with Crippen LogP contribution >= 0.6 is 0 Å². The number of pyridine rings is 1. The van der Waals surface area contributed by atoms with E-state index in [1.807, 2.05) is 19.9 Å². The number of phenols is 1. The minimum atomic E-state index is -0.426. The molecule has 4 nitrogen and oxygen atoms in total. The topological polar surface area (TPSA) is 62.6 Å². The third-order valence-corrected chi connectivity index (χ3v) is 4.23. The van der Waals surface area contributed by atoms with E-state index in [-0.39, 0.29) is 24.1 Å². The van der Waals surface area contributed by atoms with Gasteiger partial charge >= 0.3 is 0 Å². The predicted molar refractivity (Wildman–Crippen MR) is 100 cm³/mol. The molecular weight excluding hydrogens is 333 g/mol. The van der Waals surface area contributed by atoms with E-state index in [0.29, 0.717) is 11.3 Å². The van der Waals surface area contributed by atoms with Crippen molar-refractivity contribution in [3.05, 3.63) is 54.0 Å². The number of phenolic OH excluding ortho intramolecular Hbond substituents is 1. The molecule has 0 aliphatic carbocycles. The molecular formula is C21H22FNO3. The van der Waals surface area contributed by atoms with Gasteiger partial charge in [0.1, 0.15) is 17.7 Å². The van der Waals surface area contributed by atoms with Gasteiger partial charge in [-0.05, 0) is 54.1 Å². The normalized spacial score (nSPS) is 12.5. The van der Waals surface area contributed by atoms with Crippen molar-refractivity contribution < 1.29 is 19.3 Å². The molecule has 0 radical (unpaired) electrons. The zero-order valence-electron chi connectivity index (χ0n) is 15.0. The average molecular weight is 355 g/mol. The van der Waals surface area contributed by atoms with Gasteiger partial charge < -0.3 is 14.9 Å². The highest BCUT2D eigenvalue weighted by Gasteiger charge is 2.20. The van der Waals surface area contributed by atoms with Crippen LogP contribution in [0.15, 0.2) is 42.5 Å². The standard InChI is InChI=1S/C21H22FNO3/c1-12(2)20-19(14-4-6-15(22)7-5-14)17-9-8-16(25)10-18(17)21(23-20)26-13(3)11-24/h4-10,12-13,24-25H,11H2,1-3H3/t13-/m1/s1. The molecule has 0 spiro atoms. The summed E-state index contributed by atoms with van der Waals surface area (Å²) < 4.78 is 19.2. The van der Waals surface area contributed by atoms with E-state index in [2.05, 4.69) is 0 Å². The molecule has 136 valence electrons. The van der Waals surface area contributed by atoms with Gasteiger partial charge in [-0.15, -0.1) is 0 Å². The molecule has 0 aliphatic heterocycles. The van der Waals surface area contributed by atoms with Crippen LogP contribution in [0.2, 0.25) is 0 Å². The predicted octanol–water partition coefficient (Wildman–Crippen LogP) is 4.63. The molecule has 0 unspecified atom stereocenters. The summed E-state index contributed by atoms with van der Waals surface area (Å²) in [4.78, 5) is 4.69. The Bertz CT molecular complexity index is 923. The van der Waals surface area contributed by atoms with Crippen LogP contribution < -0.4 is 4.74 Å². The van der Waals surface area contributed by atoms with E-state index in [1.165, 1.54) is 12.1 Å². The first-order valence-corrected chi connectivity index (χ1v) is 8.60. The van der Waals surface area contributed by atoms with Crippen molar-refractivity contribution in [2.24, 2.45) is 0 Å². The smallest absolute Gasteiger partial charge is 0.222 e. The van der Waals surface area contributed by atoms with Crippen LogP contribution in [-0.4, -0.2) is 27.9 Å². The lowest BCUT2D eigenvalue weighted by Gasteiger charge is -2.20. The van der Waals surface area contributed by atoms with Crippen molar-refractivity contribution in [1.82, 2.24) is 4.98 Å². The van der Waals surface area contributed by atoms with Gasteiger partial charge in [0.25, 0.3) is 0 Å². The molecule has 0 bridgehead atoms. The lowest BCUT2D eigenvalue weighted by molar-refractivity contribution is 0.126. The molecule has 3 rings (SSSR count). The van der Waals surface area contributed by atoms with Crippen molar-refractivity contribution in [1.29, 1.82) is 0 Å². The molecule has 1 heterocycles. The van der Waals surface area contributed by atoms with E-state index in [4.69, 9.17) is 9.72 Å². The number of aliphatic hydroxyl groups excluding tert-OH is 1. The van der Waals surface area contributed by atoms with Gasteiger partial charge in [0, 0.05) is 10.9 Å². The van der Waals surface area contributed by atoms with Crippen LogP contribution in [0.1, 0.15) is 32.4 Å². The number of benzene rings is 2. The van der Waals surface area contributed by atoms with Gasteiger partial charge in [-0.25, -0.2) is 9.37 Å². The lowest BCUT2D eigenvalue weighted by atomic mass is 9.92. The van der Waals surface area contributed by atoms with Gasteiger partial charge in [-0.3, -0.25) is 0 Å². The molecule has 3 aromatic rings. The maximum atomic E-state index is 13.4. The zero-order chi connectivity index (χ0) is 18.8. The van der Waals surface area contributed by atoms with Crippen LogP contribution in [0.5, 0.6) is 11.6 Å². The first kappa shape index (κ1) is 18.1. The molecule has 0 amide bonds. The summed E-state index contributed by atoms with van der Waals surface area (Å²) >= 11 is 0.